The van der Waals surface area contributed by atoms with Crippen LogP contribution in [0.15, 0.2) is 106 Å². The monoisotopic (exact) mass is 1650 g/mol. The van der Waals surface area contributed by atoms with E-state index in [2.05, 4.69) is 30.1 Å². The number of aliphatic hydroxyl groups is 4. The van der Waals surface area contributed by atoms with Crippen LogP contribution in [0.2, 0.25) is 0 Å². The van der Waals surface area contributed by atoms with Crippen LogP contribution in [0.4, 0.5) is 4.79 Å². The van der Waals surface area contributed by atoms with E-state index in [0.717, 1.165) is 11.1 Å². The van der Waals surface area contributed by atoms with E-state index in [4.69, 9.17) is 78.9 Å². The van der Waals surface area contributed by atoms with Crippen molar-refractivity contribution in [2.45, 2.75) is 248 Å². The molecule has 3 aromatic rings. The number of azide groups is 3. The van der Waals surface area contributed by atoms with E-state index in [9.17, 15) is 80.7 Å². The highest BCUT2D eigenvalue weighted by molar-refractivity contribution is 7.81. The highest BCUT2D eigenvalue weighted by Gasteiger charge is 2.57. The van der Waals surface area contributed by atoms with Gasteiger partial charge in [0.25, 0.3) is 0 Å². The van der Waals surface area contributed by atoms with Gasteiger partial charge < -0.3 is 91.6 Å². The number of amides is 1. The molecule has 6 saturated heterocycles. The molecule has 6 fully saturated rings. The molecule has 0 saturated carbocycles. The number of hydrogen-bond acceptors (Lipinski definition) is 31. The summed E-state index contributed by atoms with van der Waals surface area (Å²) < 4.78 is 205. The van der Waals surface area contributed by atoms with Crippen molar-refractivity contribution >= 4 is 37.3 Å². The summed E-state index contributed by atoms with van der Waals surface area (Å²) >= 11 is 0. The van der Waals surface area contributed by atoms with E-state index in [1.165, 1.54) is 41.5 Å². The van der Waals surface area contributed by atoms with Gasteiger partial charge in [0.1, 0.15) is 55.4 Å². The van der Waals surface area contributed by atoms with E-state index in [1.807, 2.05) is 60.7 Å². The van der Waals surface area contributed by atoms with Crippen LogP contribution in [0, 0.1) is 29.6 Å². The number of unbranched alkanes of at least 4 members (excludes halogenated alkanes) is 2. The Bertz CT molecular complexity index is 3980. The molecule has 0 radical (unpaired) electrons. The van der Waals surface area contributed by atoms with E-state index in [0.29, 0.717) is 31.4 Å². The van der Waals surface area contributed by atoms with Gasteiger partial charge in [0, 0.05) is 46.3 Å². The van der Waals surface area contributed by atoms with Gasteiger partial charge >= 0.3 is 37.3 Å². The maximum Gasteiger partial charge on any atom is 0.410 e. The van der Waals surface area contributed by atoms with Crippen molar-refractivity contribution in [2.24, 2.45) is 44.9 Å². The molecule has 6 aliphatic heterocycles. The Morgan fingerprint density at radius 1 is 0.420 bits per heavy atom. The average molecular weight is 1650 g/mol. The number of hydrogen-bond donors (Lipinski definition) is 7. The number of carbonyl (C=O) groups excluding carboxylic acids is 1. The second kappa shape index (κ2) is 41.1. The van der Waals surface area contributed by atoms with Crippen LogP contribution in [0.1, 0.15) is 91.3 Å². The normalized spacial score (nSPS) is 36.6. The Labute approximate surface area is 647 Å². The molecule has 44 heteroatoms. The maximum absolute atomic E-state index is 13.4. The number of ether oxygens (including phenoxy) is 14. The van der Waals surface area contributed by atoms with Gasteiger partial charge in [-0.05, 0) is 91.1 Å². The Balaban J connectivity index is 0.883. The van der Waals surface area contributed by atoms with Gasteiger partial charge in [-0.25, -0.2) is 17.3 Å². The van der Waals surface area contributed by atoms with Crippen LogP contribution in [-0.4, -0.2) is 257 Å². The van der Waals surface area contributed by atoms with Gasteiger partial charge in [0.2, 0.25) is 0 Å². The van der Waals surface area contributed by atoms with Crippen LogP contribution in [0.3, 0.4) is 0 Å². The van der Waals surface area contributed by atoms with E-state index in [-0.39, 0.29) is 26.4 Å². The molecule has 112 heavy (non-hydrogen) atoms. The zero-order chi connectivity index (χ0) is 81.4. The number of nitrogens with zero attached hydrogens (tertiary/aromatic N) is 10. The zero-order valence-electron chi connectivity index (χ0n) is 62.4. The molecule has 624 valence electrons. The van der Waals surface area contributed by atoms with E-state index >= 15 is 0 Å². The molecule has 0 bridgehead atoms. The maximum atomic E-state index is 13.4. The zero-order valence-corrected chi connectivity index (χ0v) is 64.8. The standard InChI is InChI=1S/C68H98N10O31S3/c1-35-49(72-75-69)62(93-28-20-12-19-27-78(29-43-21-13-9-14-22-43)68(83)95-31-45-25-17-11-18-26-45)102-46(32-96-110(84,85)86)57(35)107-66-54(81)39(5)56(41(7)100-66)105-63-50(73-76-70)36(2)59(48(103-63)34-98-112(90,91)92)108-67-55(82)61(94-30-44-23-15-10-16-24-44)60(42(8)101-67)109-64-51(74-77-71)37(3)58(47(104-64)33-97-111(87,88)89)106-65-53(80)38(4)52(79)40(6)99-65/h9-11,13-18,21-26,35-42,46-67,79-82H,12,19-20,27-34H2,1-8H3,(H,84,85,86)(H,87,88,89)(H,90,91,92)/t35?,36-,37?,38?,39?,40?,41?,42?,46+,47?,48?,49?,50?,51?,52+,53?,54?,55?,56+,57+,58+,59+,60-,61+,62+,63-,64-,65+,66+,67+/m1/s1. The predicted molar refractivity (Wildman–Crippen MR) is 383 cm³/mol. The lowest BCUT2D eigenvalue weighted by Crippen LogP contribution is -2.65. The number of rotatable bonds is 36. The van der Waals surface area contributed by atoms with E-state index < -0.39 is 240 Å². The summed E-state index contributed by atoms with van der Waals surface area (Å²) in [5.74, 6) is -4.97. The fraction of sp³-hybridized carbons (Fsp3) is 0.721. The van der Waals surface area contributed by atoms with Gasteiger partial charge in [-0.3, -0.25) is 13.7 Å². The molecule has 0 aliphatic carbocycles. The van der Waals surface area contributed by atoms with Crippen molar-refractivity contribution in [2.75, 3.05) is 33.0 Å². The molecule has 6 aliphatic rings. The molecule has 41 nitrogen and oxygen atoms in total. The summed E-state index contributed by atoms with van der Waals surface area (Å²) in [6.07, 6.45) is -31.2. The third-order valence-electron chi connectivity index (χ3n) is 20.6. The topological polar surface area (TPSA) is 568 Å². The molecule has 30 atom stereocenters. The molecule has 0 aromatic heterocycles. The first kappa shape index (κ1) is 89.7. The second-order valence-electron chi connectivity index (χ2n) is 28.4. The summed E-state index contributed by atoms with van der Waals surface area (Å²) in [6, 6.07) is 23.2. The lowest BCUT2D eigenvalue weighted by Gasteiger charge is -2.51. The quantitative estimate of drug-likeness (QED) is 0.0114. The van der Waals surface area contributed by atoms with Crippen LogP contribution < -0.4 is 0 Å². The fourth-order valence-corrected chi connectivity index (χ4v) is 15.4. The van der Waals surface area contributed by atoms with Crippen LogP contribution in [0.5, 0.6) is 0 Å². The number of aliphatic hydroxyl groups excluding tert-OH is 4. The van der Waals surface area contributed by atoms with Crippen molar-refractivity contribution in [3.05, 3.63) is 139 Å². The minimum absolute atomic E-state index is 0.0161. The summed E-state index contributed by atoms with van der Waals surface area (Å²) in [4.78, 5) is 24.0. The SMILES string of the molecule is CC1O[C@@H](O[C@@H]2C(COS(=O)(=O)O)O[C@H](O[C@@H]3C(C)O[C@@H](O[C@@H]4C(COS(=O)(=O)O)O[C@H](O[C@@H]5C(C)O[C@@H](O[C@H]6C(C)C(N=[N+]=[N-])[C@@H](OCCCCCN(Cc7ccccc7)C(=O)OCc7ccccc7)O[C@H]6COS(=O)(=O)O)C(O)C5C)C(N=[N+]=[N-])[C@H]4C)C(O)[C@@H]3OCc3ccccc3)C(N=[N+]=[N-])C2C)C(O)C(C)[C@@H]1O. The molecule has 1 amide bonds. The van der Waals surface area contributed by atoms with Gasteiger partial charge in [-0.2, -0.15) is 25.3 Å². The first-order valence-electron chi connectivity index (χ1n) is 36.3. The van der Waals surface area contributed by atoms with Gasteiger partial charge in [-0.15, -0.1) is 0 Å². The van der Waals surface area contributed by atoms with Crippen molar-refractivity contribution in [1.82, 2.24) is 4.90 Å². The fourth-order valence-electron chi connectivity index (χ4n) is 14.4. The summed E-state index contributed by atoms with van der Waals surface area (Å²) in [5, 5.41) is 58.3. The highest BCUT2D eigenvalue weighted by atomic mass is 32.3. The molecule has 15 unspecified atom stereocenters. The van der Waals surface area contributed by atoms with Crippen LogP contribution in [-0.2, 0) is 130 Å². The minimum atomic E-state index is -5.27. The highest BCUT2D eigenvalue weighted by Crippen LogP contribution is 2.43. The Kier molecular flexibility index (Phi) is 32.9. The summed E-state index contributed by atoms with van der Waals surface area (Å²) in [5.41, 5.74) is 32.2. The van der Waals surface area contributed by atoms with Gasteiger partial charge in [0.05, 0.1) is 93.4 Å². The molecule has 6 heterocycles. The predicted octanol–water partition coefficient (Wildman–Crippen LogP) is 6.05. The number of carbonyl (C=O) groups is 1. The smallest absolute Gasteiger partial charge is 0.410 e. The minimum Gasteiger partial charge on any atom is -0.445 e. The third kappa shape index (κ3) is 24.4. The lowest BCUT2D eigenvalue weighted by atomic mass is 9.87. The first-order chi connectivity index (χ1) is 53.2. The van der Waals surface area contributed by atoms with Crippen molar-refractivity contribution in [1.29, 1.82) is 0 Å². The average Bonchev–Trinajstić information content (AvgIpc) is 0.764. The largest absolute Gasteiger partial charge is 0.445 e. The Morgan fingerprint density at radius 3 is 1.26 bits per heavy atom. The third-order valence-corrected chi connectivity index (χ3v) is 21.9. The van der Waals surface area contributed by atoms with Crippen LogP contribution in [0.25, 0.3) is 31.3 Å². The van der Waals surface area contributed by atoms with Crippen molar-refractivity contribution < 1.29 is 143 Å². The lowest BCUT2D eigenvalue weighted by molar-refractivity contribution is -0.374. The Morgan fingerprint density at radius 2 is 0.804 bits per heavy atom. The van der Waals surface area contributed by atoms with Crippen molar-refractivity contribution in [3.8, 4) is 0 Å². The van der Waals surface area contributed by atoms with Gasteiger partial charge in [0.15, 0.2) is 37.7 Å². The molecule has 0 spiro atoms. The molecule has 9 rings (SSSR count). The number of benzene rings is 3. The molecule has 3 aromatic carbocycles. The molecule has 7 N–H and O–H groups in total. The first-order valence-corrected chi connectivity index (χ1v) is 40.4. The van der Waals surface area contributed by atoms with Gasteiger partial charge in [-0.1, -0.05) is 141 Å². The van der Waals surface area contributed by atoms with E-state index in [1.54, 1.807) is 49.1 Å². The molecular formula is C68H98N10O31S3. The van der Waals surface area contributed by atoms with Crippen molar-refractivity contribution in [3.63, 3.8) is 0 Å². The Hall–Kier alpha value is -6.21. The van der Waals surface area contributed by atoms with Crippen LogP contribution >= 0.6 is 0 Å². The summed E-state index contributed by atoms with van der Waals surface area (Å²) in [7, 11) is -15.6. The summed E-state index contributed by atoms with van der Waals surface area (Å²) in [6.45, 7) is 9.76. The second-order valence-corrected chi connectivity index (χ2v) is 31.7. The molecular weight excluding hydrogens is 1550 g/mol.